The molecular weight excluding hydrogens is 516 g/mol. The van der Waals surface area contributed by atoms with Gasteiger partial charge < -0.3 is 15.5 Å². The van der Waals surface area contributed by atoms with Gasteiger partial charge in [-0.1, -0.05) is 107 Å². The normalized spacial score (nSPS) is 25.5. The largest absolute Gasteiger partial charge is 0.507 e. The van der Waals surface area contributed by atoms with Crippen molar-refractivity contribution in [2.75, 3.05) is 0 Å². The molecule has 0 spiro atoms. The molecule has 0 aliphatic heterocycles. The third-order valence-corrected chi connectivity index (χ3v) is 9.81. The van der Waals surface area contributed by atoms with Crippen LogP contribution in [0.1, 0.15) is 148 Å². The van der Waals surface area contributed by atoms with E-state index in [2.05, 4.69) is 106 Å². The molecule has 2 aliphatic rings. The first-order valence-corrected chi connectivity index (χ1v) is 16.3. The molecule has 2 aromatic carbocycles. The maximum Gasteiger partial charge on any atom is 0.128 e. The Labute approximate surface area is 256 Å². The first-order chi connectivity index (χ1) is 19.3. The van der Waals surface area contributed by atoms with Gasteiger partial charge >= 0.3 is 0 Å². The number of hydrogen-bond donors (Lipinski definition) is 3. The summed E-state index contributed by atoms with van der Waals surface area (Å²) in [4.78, 5) is 5.11. The molecule has 0 radical (unpaired) electrons. The van der Waals surface area contributed by atoms with E-state index in [1.54, 1.807) is 0 Å². The van der Waals surface area contributed by atoms with Crippen molar-refractivity contribution in [1.82, 2.24) is 5.32 Å². The fourth-order valence-electron chi connectivity index (χ4n) is 7.13. The summed E-state index contributed by atoms with van der Waals surface area (Å²) in [6.07, 6.45) is 8.59. The lowest BCUT2D eigenvalue weighted by Crippen LogP contribution is -2.41. The Balaban J connectivity index is 1.60. The Hall–Kier alpha value is -2.33. The van der Waals surface area contributed by atoms with E-state index in [0.717, 1.165) is 54.4 Å². The fraction of sp³-hybridized carbons (Fsp3) is 0.658. The fourth-order valence-corrected chi connectivity index (χ4v) is 7.13. The minimum Gasteiger partial charge on any atom is -0.507 e. The lowest BCUT2D eigenvalue weighted by molar-refractivity contribution is 0.173. The van der Waals surface area contributed by atoms with Crippen molar-refractivity contribution in [2.45, 2.75) is 155 Å². The van der Waals surface area contributed by atoms with Gasteiger partial charge in [0.15, 0.2) is 0 Å². The number of aliphatic imine (C=N–C) groups is 1. The van der Waals surface area contributed by atoms with Crippen molar-refractivity contribution in [1.29, 1.82) is 0 Å². The van der Waals surface area contributed by atoms with Crippen LogP contribution in [0.2, 0.25) is 0 Å². The van der Waals surface area contributed by atoms with E-state index >= 15 is 0 Å². The molecule has 2 saturated carbocycles. The SMILES string of the molecule is CC1CC(C)(c2cc(C(C)(C)C)cc(CNC3CCCCC3/N=C/c3cc(C(C)(C)C)cc(C(C)(C)C)c3O)c2O)C1. The van der Waals surface area contributed by atoms with E-state index in [4.69, 9.17) is 4.99 Å². The van der Waals surface area contributed by atoms with E-state index in [1.165, 1.54) is 17.5 Å². The van der Waals surface area contributed by atoms with Gasteiger partial charge in [-0.25, -0.2) is 0 Å². The van der Waals surface area contributed by atoms with Crippen molar-refractivity contribution in [3.8, 4) is 11.5 Å². The summed E-state index contributed by atoms with van der Waals surface area (Å²) in [5, 5.41) is 26.6. The molecule has 3 N–H and O–H groups in total. The van der Waals surface area contributed by atoms with Gasteiger partial charge in [0.2, 0.25) is 0 Å². The number of benzene rings is 2. The lowest BCUT2D eigenvalue weighted by Gasteiger charge is -2.45. The van der Waals surface area contributed by atoms with Crippen molar-refractivity contribution >= 4 is 6.21 Å². The van der Waals surface area contributed by atoms with Crippen LogP contribution in [0.4, 0.5) is 0 Å². The molecule has 4 nitrogen and oxygen atoms in total. The Morgan fingerprint density at radius 3 is 2.00 bits per heavy atom. The third-order valence-electron chi connectivity index (χ3n) is 9.81. The standard InChI is InChI=1S/C38H58N2O2/c1-24-20-38(11,21-24)30-19-28(36(5,6)7)17-26(34(30)42)23-40-32-15-13-12-14-31(32)39-22-25-16-27(35(2,3)4)18-29(33(25)41)37(8,9)10/h16-19,22,24,31-32,40-42H,12-15,20-21,23H2,1-11H3/b39-22+. The Bertz CT molecular complexity index is 1300. The molecule has 42 heavy (non-hydrogen) atoms. The van der Waals surface area contributed by atoms with Crippen molar-refractivity contribution in [3.05, 3.63) is 57.6 Å². The highest BCUT2D eigenvalue weighted by Gasteiger charge is 2.42. The highest BCUT2D eigenvalue weighted by Crippen LogP contribution is 2.51. The highest BCUT2D eigenvalue weighted by atomic mass is 16.3. The average Bonchev–Trinajstić information content (AvgIpc) is 2.85. The maximum atomic E-state index is 11.5. The molecule has 2 unspecified atom stereocenters. The van der Waals surface area contributed by atoms with Crippen LogP contribution in [0.5, 0.6) is 11.5 Å². The molecule has 232 valence electrons. The van der Waals surface area contributed by atoms with Gasteiger partial charge in [-0.15, -0.1) is 0 Å². The van der Waals surface area contributed by atoms with Crippen molar-refractivity contribution in [3.63, 3.8) is 0 Å². The zero-order valence-electron chi connectivity index (χ0n) is 28.4. The molecule has 0 amide bonds. The summed E-state index contributed by atoms with van der Waals surface area (Å²) in [6, 6.07) is 9.11. The van der Waals surface area contributed by atoms with E-state index in [-0.39, 0.29) is 33.7 Å². The zero-order valence-corrected chi connectivity index (χ0v) is 28.4. The van der Waals surface area contributed by atoms with Crippen molar-refractivity contribution < 1.29 is 10.2 Å². The summed E-state index contributed by atoms with van der Waals surface area (Å²) >= 11 is 0. The Morgan fingerprint density at radius 1 is 0.833 bits per heavy atom. The van der Waals surface area contributed by atoms with Gasteiger partial charge in [0.25, 0.3) is 0 Å². The Kier molecular flexibility index (Phi) is 9.03. The van der Waals surface area contributed by atoms with E-state index in [1.807, 2.05) is 6.21 Å². The van der Waals surface area contributed by atoms with Gasteiger partial charge in [-0.3, -0.25) is 4.99 Å². The quantitative estimate of drug-likeness (QED) is 0.301. The first-order valence-electron chi connectivity index (χ1n) is 16.3. The summed E-state index contributed by atoms with van der Waals surface area (Å²) < 4.78 is 0. The lowest BCUT2D eigenvalue weighted by atomic mass is 9.59. The summed E-state index contributed by atoms with van der Waals surface area (Å²) in [5.41, 5.74) is 6.25. The van der Waals surface area contributed by atoms with Crippen LogP contribution in [-0.2, 0) is 28.2 Å². The van der Waals surface area contributed by atoms with Crippen LogP contribution in [0.25, 0.3) is 0 Å². The van der Waals surface area contributed by atoms with Gasteiger partial charge in [0.1, 0.15) is 11.5 Å². The number of phenols is 2. The third kappa shape index (κ3) is 7.07. The number of aromatic hydroxyl groups is 2. The average molecular weight is 575 g/mol. The molecular formula is C38H58N2O2. The van der Waals surface area contributed by atoms with E-state index in [0.29, 0.717) is 24.0 Å². The zero-order chi connectivity index (χ0) is 31.3. The predicted octanol–water partition coefficient (Wildman–Crippen LogP) is 9.20. The van der Waals surface area contributed by atoms with Crippen LogP contribution < -0.4 is 5.32 Å². The van der Waals surface area contributed by atoms with Crippen LogP contribution in [0.15, 0.2) is 29.3 Å². The van der Waals surface area contributed by atoms with Crippen LogP contribution in [0.3, 0.4) is 0 Å². The van der Waals surface area contributed by atoms with E-state index in [9.17, 15) is 10.2 Å². The summed E-state index contributed by atoms with van der Waals surface area (Å²) in [5.74, 6) is 1.52. The van der Waals surface area contributed by atoms with Gasteiger partial charge in [-0.2, -0.15) is 0 Å². The molecule has 2 aliphatic carbocycles. The van der Waals surface area contributed by atoms with Gasteiger partial charge in [-0.05, 0) is 70.5 Å². The predicted molar refractivity (Wildman–Crippen MR) is 179 cm³/mol. The molecule has 4 heteroatoms. The number of hydrogen-bond acceptors (Lipinski definition) is 4. The van der Waals surface area contributed by atoms with Crippen molar-refractivity contribution in [2.24, 2.45) is 10.9 Å². The Morgan fingerprint density at radius 2 is 1.43 bits per heavy atom. The number of nitrogens with zero attached hydrogens (tertiary/aromatic N) is 1. The minimum absolute atomic E-state index is 0.0100. The topological polar surface area (TPSA) is 64.9 Å². The molecule has 2 aromatic rings. The van der Waals surface area contributed by atoms with E-state index < -0.39 is 0 Å². The number of nitrogens with one attached hydrogen (secondary N) is 1. The number of phenolic OH excluding ortho intramolecular Hbond substituents is 2. The molecule has 2 fully saturated rings. The van der Waals surface area contributed by atoms with Gasteiger partial charge in [0, 0.05) is 41.1 Å². The monoisotopic (exact) mass is 574 g/mol. The molecule has 0 aromatic heterocycles. The number of rotatable bonds is 6. The van der Waals surface area contributed by atoms with Crippen LogP contribution in [0, 0.1) is 5.92 Å². The molecule has 0 saturated heterocycles. The maximum absolute atomic E-state index is 11.5. The second kappa shape index (κ2) is 11.6. The summed E-state index contributed by atoms with van der Waals surface area (Å²) in [7, 11) is 0. The van der Waals surface area contributed by atoms with Crippen LogP contribution >= 0.6 is 0 Å². The second-order valence-electron chi connectivity index (χ2n) is 16.9. The smallest absolute Gasteiger partial charge is 0.128 e. The second-order valence-corrected chi connectivity index (χ2v) is 16.9. The first kappa shape index (κ1) is 32.6. The minimum atomic E-state index is -0.167. The summed E-state index contributed by atoms with van der Waals surface area (Å²) in [6.45, 7) is 25.1. The molecule has 2 atom stereocenters. The molecule has 0 heterocycles. The molecule has 4 rings (SSSR count). The van der Waals surface area contributed by atoms with Crippen LogP contribution in [-0.4, -0.2) is 28.5 Å². The van der Waals surface area contributed by atoms with Gasteiger partial charge in [0.05, 0.1) is 6.04 Å². The molecule has 0 bridgehead atoms. The highest BCUT2D eigenvalue weighted by molar-refractivity contribution is 5.85.